The van der Waals surface area contributed by atoms with Crippen molar-refractivity contribution in [2.75, 3.05) is 16.8 Å². The van der Waals surface area contributed by atoms with Crippen LogP contribution in [0, 0.1) is 30.6 Å². The summed E-state index contributed by atoms with van der Waals surface area (Å²) < 4.78 is 5.09. The lowest BCUT2D eigenvalue weighted by Crippen LogP contribution is -2.33. The van der Waals surface area contributed by atoms with Crippen LogP contribution in [-0.2, 0) is 19.1 Å². The summed E-state index contributed by atoms with van der Waals surface area (Å²) in [6.45, 7) is 3.41. The summed E-state index contributed by atoms with van der Waals surface area (Å²) in [4.78, 5) is 51.8. The number of nitrogens with zero attached hydrogens (tertiary/aromatic N) is 1. The van der Waals surface area contributed by atoms with Crippen molar-refractivity contribution in [3.63, 3.8) is 0 Å². The van der Waals surface area contributed by atoms with E-state index in [2.05, 4.69) is 11.4 Å². The molecule has 0 spiro atoms. The van der Waals surface area contributed by atoms with Gasteiger partial charge in [0.2, 0.25) is 11.8 Å². The quantitative estimate of drug-likeness (QED) is 0.396. The molecular formula is C26H23ClN2O5. The highest BCUT2D eigenvalue weighted by molar-refractivity contribution is 6.31. The van der Waals surface area contributed by atoms with Gasteiger partial charge in [0.15, 0.2) is 6.61 Å². The van der Waals surface area contributed by atoms with Crippen LogP contribution in [0.5, 0.6) is 0 Å². The van der Waals surface area contributed by atoms with Crippen molar-refractivity contribution in [2.45, 2.75) is 20.3 Å². The molecule has 2 aromatic carbocycles. The number of benzene rings is 2. The van der Waals surface area contributed by atoms with E-state index in [-0.39, 0.29) is 41.0 Å². The second-order valence-electron chi connectivity index (χ2n) is 9.12. The van der Waals surface area contributed by atoms with Gasteiger partial charge in [-0.25, -0.2) is 4.79 Å². The molecule has 1 aliphatic heterocycles. The minimum atomic E-state index is -0.683. The second kappa shape index (κ2) is 8.40. The van der Waals surface area contributed by atoms with Crippen molar-refractivity contribution in [1.82, 2.24) is 0 Å². The van der Waals surface area contributed by atoms with E-state index in [1.54, 1.807) is 30.3 Å². The predicted molar refractivity (Wildman–Crippen MR) is 126 cm³/mol. The van der Waals surface area contributed by atoms with Crippen LogP contribution in [0.25, 0.3) is 0 Å². The largest absolute Gasteiger partial charge is 0.452 e. The molecule has 1 saturated heterocycles. The number of nitrogens with one attached hydrogen (secondary N) is 1. The molecule has 3 aliphatic rings. The standard InChI is InChI=1S/C26H23ClN2O5/c1-13-3-6-17(11-20(13)27)28-21(30)12-34-26(33)15-4-7-18(8-5-15)29-24(31)22-16-9-14(2)19(10-16)23(22)25(29)32/h3-9,11,16,19,22-23H,10,12H2,1-2H3,(H,28,30)/t16-,19+,22-,23-/m0/s1. The Kier molecular flexibility index (Phi) is 5.52. The van der Waals surface area contributed by atoms with Crippen molar-refractivity contribution >= 4 is 46.7 Å². The number of carbonyl (C=O) groups excluding carboxylic acids is 4. The van der Waals surface area contributed by atoms with E-state index in [4.69, 9.17) is 16.3 Å². The smallest absolute Gasteiger partial charge is 0.338 e. The zero-order valence-electron chi connectivity index (χ0n) is 18.7. The van der Waals surface area contributed by atoms with Crippen molar-refractivity contribution in [3.8, 4) is 0 Å². The van der Waals surface area contributed by atoms with E-state index >= 15 is 0 Å². The summed E-state index contributed by atoms with van der Waals surface area (Å²) in [6.07, 6.45) is 3.00. The topological polar surface area (TPSA) is 92.8 Å². The first kappa shape index (κ1) is 22.3. The number of imide groups is 1. The number of rotatable bonds is 5. The second-order valence-corrected chi connectivity index (χ2v) is 9.52. The van der Waals surface area contributed by atoms with Crippen LogP contribution in [-0.4, -0.2) is 30.3 Å². The number of allylic oxidation sites excluding steroid dienone is 2. The molecule has 34 heavy (non-hydrogen) atoms. The van der Waals surface area contributed by atoms with Crippen LogP contribution in [0.1, 0.15) is 29.3 Å². The SMILES string of the molecule is CC1=C[C@H]2C[C@H]1[C@@H]1C(=O)N(c3ccc(C(=O)OCC(=O)Nc4ccc(C)c(Cl)c4)cc3)C(=O)[C@H]12. The monoisotopic (exact) mass is 478 g/mol. The van der Waals surface area contributed by atoms with Crippen LogP contribution in [0.4, 0.5) is 11.4 Å². The molecule has 0 unspecified atom stereocenters. The highest BCUT2D eigenvalue weighted by Gasteiger charge is 2.60. The van der Waals surface area contributed by atoms with Gasteiger partial charge >= 0.3 is 5.97 Å². The molecule has 4 atom stereocenters. The fourth-order valence-corrected chi connectivity index (χ4v) is 5.54. The molecule has 2 aliphatic carbocycles. The first-order chi connectivity index (χ1) is 16.2. The van der Waals surface area contributed by atoms with Gasteiger partial charge in [-0.05, 0) is 74.1 Å². The number of anilines is 2. The number of hydrogen-bond acceptors (Lipinski definition) is 5. The van der Waals surface area contributed by atoms with Gasteiger partial charge < -0.3 is 10.1 Å². The Hall–Kier alpha value is -3.45. The highest BCUT2D eigenvalue weighted by Crippen LogP contribution is 2.55. The molecule has 1 heterocycles. The van der Waals surface area contributed by atoms with Gasteiger partial charge in [-0.2, -0.15) is 0 Å². The molecule has 2 bridgehead atoms. The van der Waals surface area contributed by atoms with Crippen molar-refractivity contribution in [2.24, 2.45) is 23.7 Å². The number of hydrogen-bond donors (Lipinski definition) is 1. The fourth-order valence-electron chi connectivity index (χ4n) is 5.36. The molecule has 1 saturated carbocycles. The zero-order valence-corrected chi connectivity index (χ0v) is 19.5. The average Bonchev–Trinajstić information content (AvgIpc) is 3.45. The number of fused-ring (bicyclic) bond motifs is 5. The van der Waals surface area contributed by atoms with Gasteiger partial charge in [-0.1, -0.05) is 29.3 Å². The molecule has 2 fully saturated rings. The molecule has 1 N–H and O–H groups in total. The van der Waals surface area contributed by atoms with E-state index in [9.17, 15) is 19.2 Å². The minimum Gasteiger partial charge on any atom is -0.452 e. The summed E-state index contributed by atoms with van der Waals surface area (Å²) in [7, 11) is 0. The molecule has 5 rings (SSSR count). The Labute approximate surface area is 201 Å². The molecule has 174 valence electrons. The summed E-state index contributed by atoms with van der Waals surface area (Å²) in [5, 5.41) is 3.14. The Bertz CT molecular complexity index is 1250. The Morgan fingerprint density at radius 3 is 2.47 bits per heavy atom. The number of halogens is 1. The lowest BCUT2D eigenvalue weighted by molar-refractivity contribution is -0.123. The fraction of sp³-hybridized carbons (Fsp3) is 0.308. The minimum absolute atomic E-state index is 0.132. The lowest BCUT2D eigenvalue weighted by atomic mass is 9.82. The first-order valence-electron chi connectivity index (χ1n) is 11.1. The third-order valence-electron chi connectivity index (χ3n) is 7.03. The van der Waals surface area contributed by atoms with E-state index in [0.29, 0.717) is 16.4 Å². The van der Waals surface area contributed by atoms with Crippen LogP contribution in [0.2, 0.25) is 5.02 Å². The normalized spacial score (nSPS) is 24.8. The summed E-state index contributed by atoms with van der Waals surface area (Å²) in [5.74, 6) is -1.81. The molecule has 0 aromatic heterocycles. The van der Waals surface area contributed by atoms with Gasteiger partial charge in [-0.3, -0.25) is 19.3 Å². The van der Waals surface area contributed by atoms with Crippen LogP contribution in [0.15, 0.2) is 54.1 Å². The van der Waals surface area contributed by atoms with Gasteiger partial charge in [-0.15, -0.1) is 0 Å². The summed E-state index contributed by atoms with van der Waals surface area (Å²) >= 11 is 6.05. The third kappa shape index (κ3) is 3.70. The van der Waals surface area contributed by atoms with Gasteiger partial charge in [0.25, 0.3) is 5.91 Å². The Morgan fingerprint density at radius 1 is 1.06 bits per heavy atom. The summed E-state index contributed by atoms with van der Waals surface area (Å²) in [6, 6.07) is 11.2. The Balaban J connectivity index is 1.20. The summed E-state index contributed by atoms with van der Waals surface area (Å²) in [5.41, 5.74) is 3.24. The molecule has 3 amide bonds. The molecule has 0 radical (unpaired) electrons. The van der Waals surface area contributed by atoms with Crippen molar-refractivity contribution in [3.05, 3.63) is 70.3 Å². The van der Waals surface area contributed by atoms with E-state index < -0.39 is 18.5 Å². The number of amides is 3. The lowest BCUT2D eigenvalue weighted by Gasteiger charge is -2.19. The number of ether oxygens (including phenoxy) is 1. The molecule has 7 nitrogen and oxygen atoms in total. The molecular weight excluding hydrogens is 456 g/mol. The van der Waals surface area contributed by atoms with Crippen LogP contribution < -0.4 is 10.2 Å². The average molecular weight is 479 g/mol. The van der Waals surface area contributed by atoms with E-state index in [1.165, 1.54) is 22.6 Å². The van der Waals surface area contributed by atoms with Crippen LogP contribution in [0.3, 0.4) is 0 Å². The highest BCUT2D eigenvalue weighted by atomic mass is 35.5. The Morgan fingerprint density at radius 2 is 1.76 bits per heavy atom. The third-order valence-corrected chi connectivity index (χ3v) is 7.44. The maximum atomic E-state index is 13.1. The van der Waals surface area contributed by atoms with E-state index in [0.717, 1.165) is 12.0 Å². The van der Waals surface area contributed by atoms with E-state index in [1.807, 2.05) is 13.8 Å². The van der Waals surface area contributed by atoms with Gasteiger partial charge in [0.05, 0.1) is 23.1 Å². The van der Waals surface area contributed by atoms with Gasteiger partial charge in [0, 0.05) is 10.7 Å². The number of esters is 1. The number of carbonyl (C=O) groups is 4. The molecule has 8 heteroatoms. The predicted octanol–water partition coefficient (Wildman–Crippen LogP) is 4.15. The zero-order chi connectivity index (χ0) is 24.1. The van der Waals surface area contributed by atoms with Crippen molar-refractivity contribution in [1.29, 1.82) is 0 Å². The van der Waals surface area contributed by atoms with Crippen LogP contribution >= 0.6 is 11.6 Å². The van der Waals surface area contributed by atoms with Gasteiger partial charge in [0.1, 0.15) is 0 Å². The molecule has 2 aromatic rings. The van der Waals surface area contributed by atoms with Crippen molar-refractivity contribution < 1.29 is 23.9 Å². The maximum absolute atomic E-state index is 13.1. The first-order valence-corrected chi connectivity index (χ1v) is 11.5. The number of aryl methyl sites for hydroxylation is 1. The maximum Gasteiger partial charge on any atom is 0.338 e.